The zero-order valence-electron chi connectivity index (χ0n) is 15.9. The largest absolute Gasteiger partial charge is 0.444 e. The molecule has 1 aromatic heterocycles. The van der Waals surface area contributed by atoms with Crippen LogP contribution in [0, 0.1) is 5.82 Å². The molecule has 6 heteroatoms. The van der Waals surface area contributed by atoms with Crippen LogP contribution in [0.4, 0.5) is 9.18 Å². The van der Waals surface area contributed by atoms with Crippen LogP contribution in [0.5, 0.6) is 0 Å². The molecule has 0 radical (unpaired) electrons. The highest BCUT2D eigenvalue weighted by atomic mass is 19.1. The van der Waals surface area contributed by atoms with Crippen molar-refractivity contribution >= 4 is 23.1 Å². The van der Waals surface area contributed by atoms with E-state index in [-0.39, 0.29) is 18.0 Å². The van der Waals surface area contributed by atoms with Gasteiger partial charge >= 0.3 is 6.09 Å². The van der Waals surface area contributed by atoms with Crippen molar-refractivity contribution in [3.05, 3.63) is 47.9 Å². The molecule has 0 aliphatic carbocycles. The summed E-state index contributed by atoms with van der Waals surface area (Å²) in [7, 11) is 0. The Bertz CT molecular complexity index is 837. The van der Waals surface area contributed by atoms with Crippen molar-refractivity contribution in [1.29, 1.82) is 0 Å². The normalized spacial score (nSPS) is 20.7. The number of hydrogen-bond donors (Lipinski definition) is 1. The maximum atomic E-state index is 13.5. The zero-order chi connectivity index (χ0) is 19.4. The monoisotopic (exact) mass is 372 g/mol. The van der Waals surface area contributed by atoms with Crippen LogP contribution >= 0.6 is 0 Å². The molecule has 0 bridgehead atoms. The van der Waals surface area contributed by atoms with Crippen molar-refractivity contribution in [3.63, 3.8) is 0 Å². The third-order valence-corrected chi connectivity index (χ3v) is 4.26. The molecule has 1 aromatic carbocycles. The number of ether oxygens (including phenoxy) is 2. The molecule has 27 heavy (non-hydrogen) atoms. The smallest absolute Gasteiger partial charge is 0.407 e. The van der Waals surface area contributed by atoms with Crippen LogP contribution in [0.2, 0.25) is 0 Å². The van der Waals surface area contributed by atoms with Crippen LogP contribution < -0.4 is 5.32 Å². The minimum absolute atomic E-state index is 0.0431. The van der Waals surface area contributed by atoms with Gasteiger partial charge in [0.1, 0.15) is 11.4 Å². The van der Waals surface area contributed by atoms with Crippen molar-refractivity contribution in [2.75, 3.05) is 6.61 Å². The van der Waals surface area contributed by atoms with Gasteiger partial charge in [0.2, 0.25) is 0 Å². The van der Waals surface area contributed by atoms with Gasteiger partial charge in [0.15, 0.2) is 0 Å². The highest BCUT2D eigenvalue weighted by molar-refractivity contribution is 5.87. The molecule has 1 amide bonds. The van der Waals surface area contributed by atoms with Crippen LogP contribution in [0.25, 0.3) is 17.0 Å². The van der Waals surface area contributed by atoms with E-state index in [2.05, 4.69) is 10.3 Å². The first kappa shape index (κ1) is 19.3. The van der Waals surface area contributed by atoms with E-state index in [1.807, 2.05) is 39.0 Å². The van der Waals surface area contributed by atoms with E-state index in [0.29, 0.717) is 6.61 Å². The van der Waals surface area contributed by atoms with Gasteiger partial charge < -0.3 is 14.8 Å². The fourth-order valence-corrected chi connectivity index (χ4v) is 3.01. The Morgan fingerprint density at radius 3 is 2.85 bits per heavy atom. The number of carbonyl (C=O) groups excluding carboxylic acids is 1. The Hall–Kier alpha value is -2.47. The minimum atomic E-state index is -0.516. The Labute approximate surface area is 158 Å². The molecular weight excluding hydrogens is 347 g/mol. The van der Waals surface area contributed by atoms with E-state index < -0.39 is 11.7 Å². The van der Waals surface area contributed by atoms with Gasteiger partial charge in [0.05, 0.1) is 24.3 Å². The SMILES string of the molecule is CC(C)(C)OC(=O)N[C@H]1CC[C@H](/C=C/c2ccnc3ccc(F)cc23)OC1. The van der Waals surface area contributed by atoms with Gasteiger partial charge in [-0.15, -0.1) is 0 Å². The second-order valence-electron chi connectivity index (χ2n) is 7.71. The van der Waals surface area contributed by atoms with Gasteiger partial charge in [0, 0.05) is 11.6 Å². The number of fused-ring (bicyclic) bond motifs is 1. The summed E-state index contributed by atoms with van der Waals surface area (Å²) >= 11 is 0. The first-order valence-corrected chi connectivity index (χ1v) is 9.14. The van der Waals surface area contributed by atoms with Gasteiger partial charge in [0.25, 0.3) is 0 Å². The molecular formula is C21H25FN2O3. The average Bonchev–Trinajstić information content (AvgIpc) is 2.59. The predicted molar refractivity (Wildman–Crippen MR) is 103 cm³/mol. The second-order valence-corrected chi connectivity index (χ2v) is 7.71. The van der Waals surface area contributed by atoms with E-state index in [4.69, 9.17) is 9.47 Å². The Morgan fingerprint density at radius 2 is 2.15 bits per heavy atom. The van der Waals surface area contributed by atoms with Crippen LogP contribution in [0.3, 0.4) is 0 Å². The second kappa shape index (κ2) is 8.05. The highest BCUT2D eigenvalue weighted by Gasteiger charge is 2.24. The quantitative estimate of drug-likeness (QED) is 0.864. The van der Waals surface area contributed by atoms with Gasteiger partial charge in [-0.1, -0.05) is 12.2 Å². The zero-order valence-corrected chi connectivity index (χ0v) is 15.9. The van der Waals surface area contributed by atoms with E-state index in [1.165, 1.54) is 12.1 Å². The summed E-state index contributed by atoms with van der Waals surface area (Å²) in [5, 5.41) is 3.61. The maximum Gasteiger partial charge on any atom is 0.407 e. The Kier molecular flexibility index (Phi) is 5.75. The lowest BCUT2D eigenvalue weighted by Crippen LogP contribution is -2.44. The number of amides is 1. The van der Waals surface area contributed by atoms with Crippen molar-refractivity contribution < 1.29 is 18.7 Å². The molecule has 2 atom stereocenters. The summed E-state index contributed by atoms with van der Waals surface area (Å²) in [5.41, 5.74) is 1.14. The highest BCUT2D eigenvalue weighted by Crippen LogP contribution is 2.21. The Balaban J connectivity index is 1.57. The van der Waals surface area contributed by atoms with Gasteiger partial charge in [-0.2, -0.15) is 0 Å². The third kappa shape index (κ3) is 5.50. The molecule has 0 unspecified atom stereocenters. The maximum absolute atomic E-state index is 13.5. The fourth-order valence-electron chi connectivity index (χ4n) is 3.01. The molecule has 2 aromatic rings. The number of hydrogen-bond acceptors (Lipinski definition) is 4. The summed E-state index contributed by atoms with van der Waals surface area (Å²) in [6.07, 6.45) is 6.75. The average molecular weight is 372 g/mol. The van der Waals surface area contributed by atoms with E-state index >= 15 is 0 Å². The summed E-state index contributed by atoms with van der Waals surface area (Å²) < 4.78 is 24.6. The lowest BCUT2D eigenvalue weighted by atomic mass is 10.0. The van der Waals surface area contributed by atoms with Gasteiger partial charge in [-0.3, -0.25) is 4.98 Å². The summed E-state index contributed by atoms with van der Waals surface area (Å²) in [4.78, 5) is 16.1. The molecule has 1 N–H and O–H groups in total. The van der Waals surface area contributed by atoms with Crippen LogP contribution in [-0.2, 0) is 9.47 Å². The van der Waals surface area contributed by atoms with E-state index in [1.54, 1.807) is 12.3 Å². The van der Waals surface area contributed by atoms with Crippen LogP contribution in [-0.4, -0.2) is 35.4 Å². The number of aromatic nitrogens is 1. The number of rotatable bonds is 3. The van der Waals surface area contributed by atoms with Crippen LogP contribution in [0.1, 0.15) is 39.2 Å². The van der Waals surface area contributed by atoms with Crippen molar-refractivity contribution in [1.82, 2.24) is 10.3 Å². The van der Waals surface area contributed by atoms with E-state index in [9.17, 15) is 9.18 Å². The minimum Gasteiger partial charge on any atom is -0.444 e. The molecule has 1 aliphatic rings. The first-order valence-electron chi connectivity index (χ1n) is 9.14. The topological polar surface area (TPSA) is 60.5 Å². The molecule has 0 spiro atoms. The predicted octanol–water partition coefficient (Wildman–Crippen LogP) is 4.46. The lowest BCUT2D eigenvalue weighted by Gasteiger charge is -2.29. The van der Waals surface area contributed by atoms with Crippen LogP contribution in [0.15, 0.2) is 36.5 Å². The lowest BCUT2D eigenvalue weighted by molar-refractivity contribution is 0.0136. The Morgan fingerprint density at radius 1 is 1.33 bits per heavy atom. The molecule has 144 valence electrons. The number of alkyl carbamates (subject to hydrolysis) is 1. The van der Waals surface area contributed by atoms with Gasteiger partial charge in [-0.05, 0) is 63.4 Å². The third-order valence-electron chi connectivity index (χ3n) is 4.26. The molecule has 1 fully saturated rings. The number of pyridine rings is 1. The molecule has 5 nitrogen and oxygen atoms in total. The number of carbonyl (C=O) groups is 1. The summed E-state index contributed by atoms with van der Waals surface area (Å²) in [5.74, 6) is -0.282. The van der Waals surface area contributed by atoms with Gasteiger partial charge in [-0.25, -0.2) is 9.18 Å². The molecule has 2 heterocycles. The van der Waals surface area contributed by atoms with E-state index in [0.717, 1.165) is 29.3 Å². The van der Waals surface area contributed by atoms with Crippen molar-refractivity contribution in [2.45, 2.75) is 51.4 Å². The fraction of sp³-hybridized carbons (Fsp3) is 0.429. The number of halogens is 1. The molecule has 1 saturated heterocycles. The standard InChI is InChI=1S/C21H25FN2O3/c1-21(2,3)27-20(25)24-16-6-8-17(26-13-16)7-4-14-10-11-23-19-9-5-15(22)12-18(14)19/h4-5,7,9-12,16-17H,6,8,13H2,1-3H3,(H,24,25)/b7-4+/t16-,17-/m0/s1. The summed E-state index contributed by atoms with van der Waals surface area (Å²) in [6, 6.07) is 6.37. The van der Waals surface area contributed by atoms with Crippen molar-refractivity contribution in [3.8, 4) is 0 Å². The number of benzene rings is 1. The molecule has 3 rings (SSSR count). The number of nitrogens with zero attached hydrogens (tertiary/aromatic N) is 1. The number of nitrogens with one attached hydrogen (secondary N) is 1. The van der Waals surface area contributed by atoms with Crippen molar-refractivity contribution in [2.24, 2.45) is 0 Å². The summed E-state index contributed by atoms with van der Waals surface area (Å²) in [6.45, 7) is 5.93. The molecule has 0 saturated carbocycles. The molecule has 1 aliphatic heterocycles. The first-order chi connectivity index (χ1) is 12.8.